The molecule has 25 heavy (non-hydrogen) atoms. The van der Waals surface area contributed by atoms with Gasteiger partial charge >= 0.3 is 0 Å². The summed E-state index contributed by atoms with van der Waals surface area (Å²) in [5.41, 5.74) is 1.85. The van der Waals surface area contributed by atoms with E-state index >= 15 is 0 Å². The highest BCUT2D eigenvalue weighted by Crippen LogP contribution is 2.26. The number of fused-ring (bicyclic) bond motifs is 1. The average molecular weight is 353 g/mol. The average Bonchev–Trinajstić information content (AvgIpc) is 3.29. The third-order valence-electron chi connectivity index (χ3n) is 3.79. The summed E-state index contributed by atoms with van der Waals surface area (Å²) in [4.78, 5) is 12.3. The molecule has 7 heteroatoms. The van der Waals surface area contributed by atoms with E-state index in [0.29, 0.717) is 34.4 Å². The number of halogens is 1. The molecule has 0 aliphatic rings. The summed E-state index contributed by atoms with van der Waals surface area (Å²) < 4.78 is 7.00. The highest BCUT2D eigenvalue weighted by atomic mass is 35.5. The van der Waals surface area contributed by atoms with Crippen molar-refractivity contribution in [3.63, 3.8) is 0 Å². The number of rotatable bonds is 4. The Labute approximate surface area is 148 Å². The van der Waals surface area contributed by atoms with Crippen molar-refractivity contribution in [2.24, 2.45) is 0 Å². The van der Waals surface area contributed by atoms with Crippen LogP contribution in [-0.2, 0) is 6.54 Å². The van der Waals surface area contributed by atoms with Crippen molar-refractivity contribution in [2.75, 3.05) is 0 Å². The van der Waals surface area contributed by atoms with Crippen molar-refractivity contribution < 1.29 is 9.21 Å². The van der Waals surface area contributed by atoms with Crippen molar-refractivity contribution in [2.45, 2.75) is 6.54 Å². The van der Waals surface area contributed by atoms with Gasteiger partial charge in [0.25, 0.3) is 5.91 Å². The van der Waals surface area contributed by atoms with E-state index in [1.165, 1.54) is 0 Å². The molecule has 0 aliphatic carbocycles. The number of aromatic nitrogens is 3. The first-order valence-corrected chi connectivity index (χ1v) is 8.00. The number of hydrogen-bond acceptors (Lipinski definition) is 4. The Kier molecular flexibility index (Phi) is 3.95. The van der Waals surface area contributed by atoms with Crippen LogP contribution in [0.25, 0.3) is 17.0 Å². The quantitative estimate of drug-likeness (QED) is 0.609. The summed E-state index contributed by atoms with van der Waals surface area (Å²) in [6.45, 7) is 0.328. The summed E-state index contributed by atoms with van der Waals surface area (Å²) in [7, 11) is 0. The van der Waals surface area contributed by atoms with Gasteiger partial charge in [0.15, 0.2) is 11.5 Å². The van der Waals surface area contributed by atoms with E-state index in [2.05, 4.69) is 15.5 Å². The summed E-state index contributed by atoms with van der Waals surface area (Å²) >= 11 is 6.23. The monoisotopic (exact) mass is 352 g/mol. The zero-order valence-corrected chi connectivity index (χ0v) is 13.8. The van der Waals surface area contributed by atoms with E-state index in [-0.39, 0.29) is 5.91 Å². The van der Waals surface area contributed by atoms with E-state index in [1.807, 2.05) is 18.2 Å². The molecule has 0 unspecified atom stereocenters. The van der Waals surface area contributed by atoms with Crippen molar-refractivity contribution in [3.05, 3.63) is 77.3 Å². The van der Waals surface area contributed by atoms with Gasteiger partial charge in [0.05, 0.1) is 17.8 Å². The molecule has 1 amide bonds. The molecule has 0 aliphatic heterocycles. The van der Waals surface area contributed by atoms with Crippen LogP contribution in [0.15, 0.2) is 65.4 Å². The van der Waals surface area contributed by atoms with Gasteiger partial charge in [0.2, 0.25) is 0 Å². The normalized spacial score (nSPS) is 10.9. The zero-order valence-electron chi connectivity index (χ0n) is 13.0. The van der Waals surface area contributed by atoms with Crippen molar-refractivity contribution in [1.29, 1.82) is 0 Å². The fourth-order valence-corrected chi connectivity index (χ4v) is 2.76. The maximum atomic E-state index is 12.3. The van der Waals surface area contributed by atoms with Gasteiger partial charge in [-0.3, -0.25) is 9.20 Å². The maximum absolute atomic E-state index is 12.3. The van der Waals surface area contributed by atoms with E-state index < -0.39 is 0 Å². The molecular formula is C18H13ClN4O2. The maximum Gasteiger partial charge on any atom is 0.251 e. The summed E-state index contributed by atoms with van der Waals surface area (Å²) in [6.07, 6.45) is 3.33. The van der Waals surface area contributed by atoms with Crippen LogP contribution < -0.4 is 5.32 Å². The van der Waals surface area contributed by atoms with Crippen LogP contribution in [0.1, 0.15) is 16.1 Å². The number of carbonyl (C=O) groups excluding carboxylic acids is 1. The van der Waals surface area contributed by atoms with Crippen LogP contribution in [0.2, 0.25) is 5.02 Å². The molecule has 0 atom stereocenters. The highest BCUT2D eigenvalue weighted by Gasteiger charge is 2.13. The Morgan fingerprint density at radius 1 is 1.16 bits per heavy atom. The molecule has 6 nitrogen and oxygen atoms in total. The Bertz CT molecular complexity index is 1040. The molecule has 0 spiro atoms. The van der Waals surface area contributed by atoms with E-state index in [0.717, 1.165) is 5.56 Å². The molecular weight excluding hydrogens is 340 g/mol. The van der Waals surface area contributed by atoms with Crippen LogP contribution in [0, 0.1) is 0 Å². The van der Waals surface area contributed by atoms with Crippen molar-refractivity contribution in [1.82, 2.24) is 19.9 Å². The van der Waals surface area contributed by atoms with Crippen molar-refractivity contribution in [3.8, 4) is 11.4 Å². The first-order valence-electron chi connectivity index (χ1n) is 7.62. The lowest BCUT2D eigenvalue weighted by Crippen LogP contribution is -2.22. The molecule has 0 saturated heterocycles. The molecule has 3 heterocycles. The summed E-state index contributed by atoms with van der Waals surface area (Å²) in [5.74, 6) is 1.11. The lowest BCUT2D eigenvalue weighted by molar-refractivity contribution is 0.0948. The van der Waals surface area contributed by atoms with Gasteiger partial charge in [-0.25, -0.2) is 0 Å². The van der Waals surface area contributed by atoms with Gasteiger partial charge < -0.3 is 9.73 Å². The number of hydrogen-bond donors (Lipinski definition) is 1. The molecule has 0 fully saturated rings. The number of benzene rings is 1. The van der Waals surface area contributed by atoms with Crippen LogP contribution >= 0.6 is 11.6 Å². The SMILES string of the molecule is O=C(NCc1ccco1)c1ccn2c(-c3ccccc3Cl)nnc2c1. The molecule has 4 aromatic rings. The zero-order chi connectivity index (χ0) is 17.2. The number of nitrogens with zero attached hydrogens (tertiary/aromatic N) is 3. The highest BCUT2D eigenvalue weighted by molar-refractivity contribution is 6.33. The van der Waals surface area contributed by atoms with Gasteiger partial charge in [0.1, 0.15) is 5.76 Å². The van der Waals surface area contributed by atoms with Crippen LogP contribution in [-0.4, -0.2) is 20.5 Å². The molecule has 4 rings (SSSR count). The lowest BCUT2D eigenvalue weighted by atomic mass is 10.2. The second kappa shape index (κ2) is 6.41. The number of carbonyl (C=O) groups is 1. The van der Waals surface area contributed by atoms with Gasteiger partial charge in [-0.1, -0.05) is 23.7 Å². The minimum atomic E-state index is -0.207. The minimum absolute atomic E-state index is 0.207. The third kappa shape index (κ3) is 2.99. The second-order valence-corrected chi connectivity index (χ2v) is 5.82. The number of nitrogens with one attached hydrogen (secondary N) is 1. The van der Waals surface area contributed by atoms with Gasteiger partial charge in [0, 0.05) is 17.3 Å². The van der Waals surface area contributed by atoms with Gasteiger partial charge in [-0.15, -0.1) is 10.2 Å². The predicted molar refractivity (Wildman–Crippen MR) is 93.3 cm³/mol. The van der Waals surface area contributed by atoms with E-state index in [9.17, 15) is 4.79 Å². The standard InChI is InChI=1S/C18H13ClN4O2/c19-15-6-2-1-5-14(15)17-22-21-16-10-12(7-8-23(16)17)18(24)20-11-13-4-3-9-25-13/h1-10H,11H2,(H,20,24). The van der Waals surface area contributed by atoms with Crippen LogP contribution in [0.4, 0.5) is 0 Å². The molecule has 3 aromatic heterocycles. The van der Waals surface area contributed by atoms with E-state index in [4.69, 9.17) is 16.0 Å². The largest absolute Gasteiger partial charge is 0.467 e. The molecule has 124 valence electrons. The number of amides is 1. The van der Waals surface area contributed by atoms with E-state index in [1.54, 1.807) is 47.2 Å². The molecule has 1 aromatic carbocycles. The second-order valence-electron chi connectivity index (χ2n) is 5.41. The Balaban J connectivity index is 1.61. The van der Waals surface area contributed by atoms with Gasteiger partial charge in [-0.05, 0) is 36.4 Å². The fraction of sp³-hybridized carbons (Fsp3) is 0.0556. The number of furan rings is 1. The number of pyridine rings is 1. The first kappa shape index (κ1) is 15.4. The molecule has 0 saturated carbocycles. The fourth-order valence-electron chi connectivity index (χ4n) is 2.54. The summed E-state index contributed by atoms with van der Waals surface area (Å²) in [6, 6.07) is 14.4. The van der Waals surface area contributed by atoms with Crippen molar-refractivity contribution >= 4 is 23.2 Å². The third-order valence-corrected chi connectivity index (χ3v) is 4.12. The smallest absolute Gasteiger partial charge is 0.251 e. The predicted octanol–water partition coefficient (Wildman–Crippen LogP) is 3.57. The Morgan fingerprint density at radius 2 is 2.04 bits per heavy atom. The minimum Gasteiger partial charge on any atom is -0.467 e. The van der Waals surface area contributed by atoms with Gasteiger partial charge in [-0.2, -0.15) is 0 Å². The van der Waals surface area contributed by atoms with Crippen LogP contribution in [0.3, 0.4) is 0 Å². The Morgan fingerprint density at radius 3 is 2.84 bits per heavy atom. The molecule has 1 N–H and O–H groups in total. The first-order chi connectivity index (χ1) is 12.2. The molecule has 0 radical (unpaired) electrons. The molecule has 0 bridgehead atoms. The lowest BCUT2D eigenvalue weighted by Gasteiger charge is -2.05. The summed E-state index contributed by atoms with van der Waals surface area (Å²) in [5, 5.41) is 11.7. The van der Waals surface area contributed by atoms with Crippen LogP contribution in [0.5, 0.6) is 0 Å². The topological polar surface area (TPSA) is 72.4 Å². The Hall–Kier alpha value is -3.12.